The van der Waals surface area contributed by atoms with E-state index >= 15 is 0 Å². The molecule has 1 amide bonds. The van der Waals surface area contributed by atoms with Crippen molar-refractivity contribution in [3.05, 3.63) is 48.6 Å². The van der Waals surface area contributed by atoms with Crippen LogP contribution in [-0.4, -0.2) is 110 Å². The highest BCUT2D eigenvalue weighted by atomic mass is 16.7. The summed E-state index contributed by atoms with van der Waals surface area (Å²) in [5.41, 5.74) is 0. The summed E-state index contributed by atoms with van der Waals surface area (Å²) in [6, 6.07) is -1.19. The smallest absolute Gasteiger partial charge is 0.249 e. The average molecular weight is 1030 g/mol. The molecular formula is C62H115NO10. The maximum atomic E-state index is 13.2. The third-order valence-electron chi connectivity index (χ3n) is 14.6. The van der Waals surface area contributed by atoms with Gasteiger partial charge in [0.1, 0.15) is 36.6 Å². The van der Waals surface area contributed by atoms with Gasteiger partial charge in [0, 0.05) is 0 Å². The van der Waals surface area contributed by atoms with E-state index in [4.69, 9.17) is 9.47 Å². The Labute approximate surface area is 447 Å². The minimum atomic E-state index is -1.67. The largest absolute Gasteiger partial charge is 0.394 e. The predicted octanol–water partition coefficient (Wildman–Crippen LogP) is 13.2. The molecule has 0 aromatic carbocycles. The second-order valence-corrected chi connectivity index (χ2v) is 21.4. The molecule has 9 atom stereocenters. The van der Waals surface area contributed by atoms with E-state index in [1.807, 2.05) is 0 Å². The fraction of sp³-hybridized carbons (Fsp3) is 0.855. The maximum absolute atomic E-state index is 13.2. The molecule has 1 aliphatic rings. The number of aliphatic hydroxyl groups is 7. The van der Waals surface area contributed by atoms with E-state index < -0.39 is 74.2 Å². The third-order valence-corrected chi connectivity index (χ3v) is 14.6. The molecule has 11 heteroatoms. The lowest BCUT2D eigenvalue weighted by molar-refractivity contribution is -0.303. The van der Waals surface area contributed by atoms with Crippen LogP contribution < -0.4 is 5.32 Å². The third kappa shape index (κ3) is 39.1. The monoisotopic (exact) mass is 1030 g/mol. The summed E-state index contributed by atoms with van der Waals surface area (Å²) in [5, 5.41) is 76.1. The number of carbonyl (C=O) groups is 1. The minimum Gasteiger partial charge on any atom is -0.394 e. The first-order valence-electron chi connectivity index (χ1n) is 30.5. The van der Waals surface area contributed by atoms with Gasteiger partial charge in [-0.05, 0) is 89.9 Å². The lowest BCUT2D eigenvalue weighted by Gasteiger charge is -2.40. The van der Waals surface area contributed by atoms with Gasteiger partial charge >= 0.3 is 0 Å². The van der Waals surface area contributed by atoms with Crippen LogP contribution in [-0.2, 0) is 14.3 Å². The van der Waals surface area contributed by atoms with Crippen molar-refractivity contribution in [2.45, 2.75) is 326 Å². The second-order valence-electron chi connectivity index (χ2n) is 21.4. The van der Waals surface area contributed by atoms with Crippen LogP contribution in [0.5, 0.6) is 0 Å². The zero-order valence-electron chi connectivity index (χ0n) is 46.9. The van der Waals surface area contributed by atoms with Gasteiger partial charge in [0.25, 0.3) is 0 Å². The molecule has 73 heavy (non-hydrogen) atoms. The van der Waals surface area contributed by atoms with Gasteiger partial charge in [-0.3, -0.25) is 4.79 Å². The van der Waals surface area contributed by atoms with Gasteiger partial charge in [0.05, 0.1) is 25.4 Å². The zero-order chi connectivity index (χ0) is 53.3. The highest BCUT2D eigenvalue weighted by Crippen LogP contribution is 2.23. The van der Waals surface area contributed by atoms with E-state index in [9.17, 15) is 40.5 Å². The summed E-state index contributed by atoms with van der Waals surface area (Å²) < 4.78 is 11.1. The van der Waals surface area contributed by atoms with E-state index in [1.54, 1.807) is 0 Å². The minimum absolute atomic E-state index is 0.240. The van der Waals surface area contributed by atoms with Crippen LogP contribution in [0.3, 0.4) is 0 Å². The standard InChI is InChI=1S/C62H115NO10/c1-3-5-7-9-11-13-15-17-19-21-22-23-24-25-26-27-28-29-30-31-32-33-34-36-38-40-42-44-46-48-50-55(66)61(71)63-53(52-72-62-60(70)59(69)58(68)56(51-64)73-62)57(67)54(65)49-47-45-43-41-39-37-35-20-18-16-14-12-10-8-6-4-2/h12,14,20,25-26,35,41,43,53-60,62,64-70H,3-11,13,15-19,21-24,27-34,36-40,42,44-52H2,1-2H3,(H,63,71)/b14-12+,26-25-,35-20+,43-41+. The van der Waals surface area contributed by atoms with Crippen molar-refractivity contribution in [1.29, 1.82) is 0 Å². The normalized spacial score (nSPS) is 20.3. The Morgan fingerprint density at radius 2 is 0.822 bits per heavy atom. The molecule has 1 fully saturated rings. The highest BCUT2D eigenvalue weighted by molar-refractivity contribution is 5.80. The van der Waals surface area contributed by atoms with E-state index in [0.717, 1.165) is 44.9 Å². The van der Waals surface area contributed by atoms with Crippen LogP contribution in [0.25, 0.3) is 0 Å². The Bertz CT molecular complexity index is 1320. The Morgan fingerprint density at radius 1 is 0.466 bits per heavy atom. The average Bonchev–Trinajstić information content (AvgIpc) is 3.39. The lowest BCUT2D eigenvalue weighted by atomic mass is 9.98. The predicted molar refractivity (Wildman–Crippen MR) is 302 cm³/mol. The second kappa shape index (κ2) is 50.9. The van der Waals surface area contributed by atoms with Gasteiger partial charge in [-0.25, -0.2) is 0 Å². The Kier molecular flexibility index (Phi) is 48.1. The van der Waals surface area contributed by atoms with Crippen molar-refractivity contribution < 1.29 is 50.0 Å². The van der Waals surface area contributed by atoms with E-state index in [0.29, 0.717) is 19.3 Å². The first-order chi connectivity index (χ1) is 35.7. The first kappa shape index (κ1) is 69.1. The first-order valence-corrected chi connectivity index (χ1v) is 30.5. The van der Waals surface area contributed by atoms with Gasteiger partial charge in [-0.1, -0.05) is 229 Å². The molecule has 1 rings (SSSR count). The van der Waals surface area contributed by atoms with Crippen molar-refractivity contribution in [2.75, 3.05) is 13.2 Å². The van der Waals surface area contributed by atoms with Gasteiger partial charge in [0.2, 0.25) is 5.91 Å². The van der Waals surface area contributed by atoms with Crippen LogP contribution in [0.4, 0.5) is 0 Å². The molecular weight excluding hydrogens is 919 g/mol. The number of hydrogen-bond donors (Lipinski definition) is 8. The number of rotatable bonds is 52. The molecule has 0 saturated carbocycles. The summed E-state index contributed by atoms with van der Waals surface area (Å²) in [6.07, 6.45) is 53.3. The number of aliphatic hydroxyl groups excluding tert-OH is 7. The molecule has 0 radical (unpaired) electrons. The van der Waals surface area contributed by atoms with Crippen molar-refractivity contribution >= 4 is 5.91 Å². The molecule has 0 aromatic rings. The van der Waals surface area contributed by atoms with E-state index in [1.165, 1.54) is 180 Å². The molecule has 1 heterocycles. The van der Waals surface area contributed by atoms with Crippen molar-refractivity contribution in [2.24, 2.45) is 0 Å². The summed E-state index contributed by atoms with van der Waals surface area (Å²) in [6.45, 7) is 3.42. The van der Waals surface area contributed by atoms with Gasteiger partial charge in [-0.2, -0.15) is 0 Å². The van der Waals surface area contributed by atoms with Gasteiger partial charge in [0.15, 0.2) is 6.29 Å². The quantitative estimate of drug-likeness (QED) is 0.0215. The molecule has 428 valence electrons. The van der Waals surface area contributed by atoms with Gasteiger partial charge < -0.3 is 50.5 Å². The SMILES string of the molecule is CCCCC/C=C/CC/C=C/CC/C=C/CCCC(O)C(O)C(COC1OC(CO)C(O)C(O)C1O)NC(=O)C(O)CCCCCCCCCCCCCCCC/C=C\CCCCCCCCCCCCCC. The topological polar surface area (TPSA) is 189 Å². The van der Waals surface area contributed by atoms with Crippen molar-refractivity contribution in [3.63, 3.8) is 0 Å². The summed E-state index contributed by atoms with van der Waals surface area (Å²) in [7, 11) is 0. The zero-order valence-corrected chi connectivity index (χ0v) is 46.9. The molecule has 11 nitrogen and oxygen atoms in total. The molecule has 9 unspecified atom stereocenters. The van der Waals surface area contributed by atoms with Crippen LogP contribution >= 0.6 is 0 Å². The Hall–Kier alpha value is -1.93. The summed E-state index contributed by atoms with van der Waals surface area (Å²) in [5.74, 6) is -0.711. The van der Waals surface area contributed by atoms with Crippen molar-refractivity contribution in [1.82, 2.24) is 5.32 Å². The van der Waals surface area contributed by atoms with Crippen molar-refractivity contribution in [3.8, 4) is 0 Å². The van der Waals surface area contributed by atoms with E-state index in [2.05, 4.69) is 67.8 Å². The molecule has 1 saturated heterocycles. The Morgan fingerprint density at radius 3 is 1.25 bits per heavy atom. The number of hydrogen-bond acceptors (Lipinski definition) is 10. The molecule has 0 bridgehead atoms. The Balaban J connectivity index is 2.25. The number of carbonyl (C=O) groups excluding carboxylic acids is 1. The molecule has 8 N–H and O–H groups in total. The van der Waals surface area contributed by atoms with Crippen LogP contribution in [0.2, 0.25) is 0 Å². The molecule has 1 aliphatic heterocycles. The van der Waals surface area contributed by atoms with Crippen LogP contribution in [0.1, 0.15) is 271 Å². The van der Waals surface area contributed by atoms with E-state index in [-0.39, 0.29) is 12.8 Å². The number of nitrogens with one attached hydrogen (secondary N) is 1. The van der Waals surface area contributed by atoms with Crippen LogP contribution in [0.15, 0.2) is 48.6 Å². The number of unbranched alkanes of at least 4 members (excludes halogenated alkanes) is 32. The number of amides is 1. The molecule has 0 aliphatic carbocycles. The molecule has 0 aromatic heterocycles. The maximum Gasteiger partial charge on any atom is 0.249 e. The fourth-order valence-electron chi connectivity index (χ4n) is 9.59. The fourth-order valence-corrected chi connectivity index (χ4v) is 9.59. The van der Waals surface area contributed by atoms with Crippen LogP contribution in [0, 0.1) is 0 Å². The van der Waals surface area contributed by atoms with Gasteiger partial charge in [-0.15, -0.1) is 0 Å². The molecule has 0 spiro atoms. The number of ether oxygens (including phenoxy) is 2. The summed E-state index contributed by atoms with van der Waals surface area (Å²) in [4.78, 5) is 13.2. The lowest BCUT2D eigenvalue weighted by Crippen LogP contribution is -2.60. The highest BCUT2D eigenvalue weighted by Gasteiger charge is 2.44. The number of allylic oxidation sites excluding steroid dienone is 8. The summed E-state index contributed by atoms with van der Waals surface area (Å²) >= 11 is 0.